The molecule has 0 radical (unpaired) electrons. The summed E-state index contributed by atoms with van der Waals surface area (Å²) in [7, 11) is 0. The van der Waals surface area contributed by atoms with Gasteiger partial charge in [0.2, 0.25) is 11.8 Å². The van der Waals surface area contributed by atoms with E-state index >= 15 is 0 Å². The summed E-state index contributed by atoms with van der Waals surface area (Å²) >= 11 is 6.11. The molecule has 1 aromatic heterocycles. The summed E-state index contributed by atoms with van der Waals surface area (Å²) < 4.78 is 21.7. The number of hydrogen-bond acceptors (Lipinski definition) is 3. The van der Waals surface area contributed by atoms with Crippen molar-refractivity contribution in [1.82, 2.24) is 9.88 Å². The van der Waals surface area contributed by atoms with Gasteiger partial charge in [-0.15, -0.1) is 0 Å². The predicted octanol–water partition coefficient (Wildman–Crippen LogP) is 4.34. The lowest BCUT2D eigenvalue weighted by Crippen LogP contribution is -2.22. The zero-order chi connectivity index (χ0) is 19.4. The smallest absolute Gasteiger partial charge is 0.228 e. The third-order valence-corrected chi connectivity index (χ3v) is 4.30. The molecule has 1 amide bonds. The van der Waals surface area contributed by atoms with Gasteiger partial charge in [-0.1, -0.05) is 11.6 Å². The van der Waals surface area contributed by atoms with E-state index < -0.39 is 5.82 Å². The van der Waals surface area contributed by atoms with Gasteiger partial charge >= 0.3 is 0 Å². The molecule has 0 spiro atoms. The van der Waals surface area contributed by atoms with Crippen LogP contribution < -0.4 is 10.1 Å². The van der Waals surface area contributed by atoms with E-state index in [1.54, 1.807) is 12.3 Å². The number of carbonyl (C=O) groups is 2. The summed E-state index contributed by atoms with van der Waals surface area (Å²) in [5, 5.41) is 3.18. The topological polar surface area (TPSA) is 60.3 Å². The molecule has 1 heterocycles. The molecule has 5 nitrogen and oxygen atoms in total. The normalized spacial score (nSPS) is 11.2. The Bertz CT molecular complexity index is 830. The van der Waals surface area contributed by atoms with Gasteiger partial charge in [0.15, 0.2) is 5.82 Å². The largest absolute Gasteiger partial charge is 0.489 e. The minimum atomic E-state index is -0.676. The first-order chi connectivity index (χ1) is 12.3. The first-order valence-corrected chi connectivity index (χ1v) is 9.10. The molecule has 0 fully saturated rings. The fraction of sp³-hybridized carbons (Fsp3) is 0.474. The quantitative estimate of drug-likeness (QED) is 0.774. The van der Waals surface area contributed by atoms with Crippen molar-refractivity contribution in [2.45, 2.75) is 53.1 Å². The van der Waals surface area contributed by atoms with Gasteiger partial charge in [0.05, 0.1) is 11.6 Å². The Hall–Kier alpha value is -2.08. The number of amides is 1. The van der Waals surface area contributed by atoms with Gasteiger partial charge in [-0.2, -0.15) is 0 Å². The Morgan fingerprint density at radius 3 is 2.65 bits per heavy atom. The van der Waals surface area contributed by atoms with E-state index in [0.29, 0.717) is 31.2 Å². The third-order valence-electron chi connectivity index (χ3n) is 3.95. The van der Waals surface area contributed by atoms with Gasteiger partial charge in [0.1, 0.15) is 10.8 Å². The van der Waals surface area contributed by atoms with E-state index in [0.717, 1.165) is 5.56 Å². The fourth-order valence-electron chi connectivity index (χ4n) is 2.88. The highest BCUT2D eigenvalue weighted by Gasteiger charge is 2.21. The van der Waals surface area contributed by atoms with Crippen LogP contribution in [0.1, 0.15) is 50.9 Å². The van der Waals surface area contributed by atoms with Gasteiger partial charge in [0.25, 0.3) is 0 Å². The van der Waals surface area contributed by atoms with Crippen molar-refractivity contribution in [3.05, 3.63) is 28.7 Å². The van der Waals surface area contributed by atoms with Crippen LogP contribution in [0.4, 0.5) is 4.39 Å². The Kier molecular flexibility index (Phi) is 6.64. The maximum atomic E-state index is 14.8. The Morgan fingerprint density at radius 1 is 1.38 bits per heavy atom. The number of hydrogen-bond donors (Lipinski definition) is 1. The summed E-state index contributed by atoms with van der Waals surface area (Å²) in [6.07, 6.45) is 2.94. The minimum Gasteiger partial charge on any atom is -0.489 e. The highest BCUT2D eigenvalue weighted by atomic mass is 35.5. The number of benzene rings is 1. The highest BCUT2D eigenvalue weighted by molar-refractivity contribution is 6.33. The van der Waals surface area contributed by atoms with Crippen LogP contribution in [0.25, 0.3) is 10.9 Å². The molecule has 142 valence electrons. The lowest BCUT2D eigenvalue weighted by atomic mass is 10.1. The molecule has 1 N–H and O–H groups in total. The van der Waals surface area contributed by atoms with Gasteiger partial charge in [-0.25, -0.2) is 4.39 Å². The molecular formula is C19H24ClFN2O3. The van der Waals surface area contributed by atoms with E-state index in [9.17, 15) is 14.0 Å². The molecule has 0 aliphatic heterocycles. The maximum Gasteiger partial charge on any atom is 0.228 e. The second-order valence-corrected chi connectivity index (χ2v) is 6.79. The molecule has 0 aliphatic carbocycles. The molecule has 7 heteroatoms. The molecular weight excluding hydrogens is 359 g/mol. The second-order valence-electron chi connectivity index (χ2n) is 6.42. The van der Waals surface area contributed by atoms with Crippen molar-refractivity contribution in [1.29, 1.82) is 0 Å². The molecule has 2 aromatic rings. The Labute approximate surface area is 157 Å². The van der Waals surface area contributed by atoms with Crippen LogP contribution in [0.3, 0.4) is 0 Å². The van der Waals surface area contributed by atoms with E-state index in [4.69, 9.17) is 16.3 Å². The van der Waals surface area contributed by atoms with Crippen LogP contribution in [-0.4, -0.2) is 29.0 Å². The average molecular weight is 383 g/mol. The monoisotopic (exact) mass is 382 g/mol. The number of ether oxygens (including phenoxy) is 1. The number of rotatable bonds is 7. The number of carbonyl (C=O) groups excluding carboxylic acids is 2. The van der Waals surface area contributed by atoms with Gasteiger partial charge in [-0.05, 0) is 45.2 Å². The van der Waals surface area contributed by atoms with Crippen molar-refractivity contribution < 1.29 is 18.7 Å². The maximum absolute atomic E-state index is 14.8. The molecule has 0 bridgehead atoms. The first kappa shape index (κ1) is 20.2. The summed E-state index contributed by atoms with van der Waals surface area (Å²) in [4.78, 5) is 23.5. The zero-order valence-electron chi connectivity index (χ0n) is 15.5. The van der Waals surface area contributed by atoms with Crippen LogP contribution in [0.2, 0.25) is 5.02 Å². The van der Waals surface area contributed by atoms with E-state index in [1.165, 1.54) is 11.5 Å². The summed E-state index contributed by atoms with van der Waals surface area (Å²) in [5.41, 5.74) is 0.926. The number of fused-ring (bicyclic) bond motifs is 1. The molecule has 0 saturated carbocycles. The summed E-state index contributed by atoms with van der Waals surface area (Å²) in [6.45, 7) is 7.46. The van der Waals surface area contributed by atoms with Crippen LogP contribution in [0, 0.1) is 5.82 Å². The third kappa shape index (κ3) is 4.36. The molecule has 0 aliphatic rings. The second kappa shape index (κ2) is 8.54. The van der Waals surface area contributed by atoms with Gasteiger partial charge < -0.3 is 10.1 Å². The lowest BCUT2D eigenvalue weighted by molar-refractivity contribution is -0.121. The average Bonchev–Trinajstić information content (AvgIpc) is 2.91. The lowest BCUT2D eigenvalue weighted by Gasteiger charge is -2.13. The standard InChI is InChI=1S/C19H24ClFN2O3/c1-5-22-16(25)8-6-7-13-10-23(12(4)24)19-14(13)9-15(26-11(2)3)17(20)18(19)21/h9-11H,5-8H2,1-4H3,(H,22,25). The predicted molar refractivity (Wildman–Crippen MR) is 101 cm³/mol. The first-order valence-electron chi connectivity index (χ1n) is 8.72. The molecule has 1 aromatic carbocycles. The van der Waals surface area contributed by atoms with Gasteiger partial charge in [-0.3, -0.25) is 14.2 Å². The zero-order valence-corrected chi connectivity index (χ0v) is 16.2. The fourth-order valence-corrected chi connectivity index (χ4v) is 3.06. The summed E-state index contributed by atoms with van der Waals surface area (Å²) in [6, 6.07) is 1.67. The number of aromatic nitrogens is 1. The van der Waals surface area contributed by atoms with Crippen molar-refractivity contribution >= 4 is 34.3 Å². The molecule has 0 saturated heterocycles. The minimum absolute atomic E-state index is 0.0270. The number of nitrogens with zero attached hydrogens (tertiary/aromatic N) is 1. The van der Waals surface area contributed by atoms with Crippen LogP contribution in [0.15, 0.2) is 12.3 Å². The Morgan fingerprint density at radius 2 is 2.08 bits per heavy atom. The summed E-state index contributed by atoms with van der Waals surface area (Å²) in [5.74, 6) is -0.763. The SMILES string of the molecule is CCNC(=O)CCCc1cn(C(C)=O)c2c(F)c(Cl)c(OC(C)C)cc12. The van der Waals surface area contributed by atoms with Gasteiger partial charge in [0, 0.05) is 31.5 Å². The molecule has 26 heavy (non-hydrogen) atoms. The Balaban J connectivity index is 2.44. The van der Waals surface area contributed by atoms with E-state index in [-0.39, 0.29) is 34.2 Å². The molecule has 2 rings (SSSR count). The molecule has 0 unspecified atom stereocenters. The molecule has 0 atom stereocenters. The van der Waals surface area contributed by atoms with Crippen molar-refractivity contribution in [3.8, 4) is 5.75 Å². The van der Waals surface area contributed by atoms with Crippen LogP contribution in [0.5, 0.6) is 5.75 Å². The van der Waals surface area contributed by atoms with E-state index in [2.05, 4.69) is 5.32 Å². The number of nitrogens with one attached hydrogen (secondary N) is 1. The van der Waals surface area contributed by atoms with E-state index in [1.807, 2.05) is 20.8 Å². The van der Waals surface area contributed by atoms with Crippen LogP contribution in [-0.2, 0) is 11.2 Å². The van der Waals surface area contributed by atoms with Crippen LogP contribution >= 0.6 is 11.6 Å². The number of halogens is 2. The van der Waals surface area contributed by atoms with Crippen molar-refractivity contribution in [3.63, 3.8) is 0 Å². The van der Waals surface area contributed by atoms with Crippen molar-refractivity contribution in [2.24, 2.45) is 0 Å². The highest BCUT2D eigenvalue weighted by Crippen LogP contribution is 2.37. The van der Waals surface area contributed by atoms with Crippen molar-refractivity contribution in [2.75, 3.05) is 6.54 Å². The number of aryl methyl sites for hydroxylation is 1.